The van der Waals surface area contributed by atoms with Crippen molar-refractivity contribution in [1.29, 1.82) is 0 Å². The van der Waals surface area contributed by atoms with Gasteiger partial charge in [-0.25, -0.2) is 0 Å². The first-order valence-corrected chi connectivity index (χ1v) is 6.74. The Labute approximate surface area is 99.0 Å². The van der Waals surface area contributed by atoms with Crippen LogP contribution in [0.15, 0.2) is 12.3 Å². The second kappa shape index (κ2) is 5.53. The van der Waals surface area contributed by atoms with E-state index in [1.54, 1.807) is 5.56 Å². The second-order valence-corrected chi connectivity index (χ2v) is 4.91. The maximum atomic E-state index is 3.36. The molecule has 1 aliphatic rings. The van der Waals surface area contributed by atoms with Crippen molar-refractivity contribution < 1.29 is 0 Å². The number of aryl methyl sites for hydroxylation is 1. The lowest BCUT2D eigenvalue weighted by atomic mass is 9.92. The predicted molar refractivity (Wildman–Crippen MR) is 68.8 cm³/mol. The number of aromatic nitrogens is 1. The zero-order valence-corrected chi connectivity index (χ0v) is 10.6. The van der Waals surface area contributed by atoms with Crippen molar-refractivity contribution in [2.24, 2.45) is 0 Å². The number of rotatable bonds is 5. The lowest BCUT2D eigenvalue weighted by molar-refractivity contribution is 0.179. The minimum absolute atomic E-state index is 0.781. The van der Waals surface area contributed by atoms with Gasteiger partial charge in [-0.3, -0.25) is 0 Å². The van der Waals surface area contributed by atoms with Gasteiger partial charge in [0.1, 0.15) is 0 Å². The number of fused-ring (bicyclic) bond motifs is 1. The highest BCUT2D eigenvalue weighted by Crippen LogP contribution is 2.23. The summed E-state index contributed by atoms with van der Waals surface area (Å²) in [4.78, 5) is 6.05. The number of aromatic amines is 1. The third-order valence-corrected chi connectivity index (χ3v) is 3.65. The van der Waals surface area contributed by atoms with Crippen molar-refractivity contribution in [2.45, 2.75) is 52.0 Å². The van der Waals surface area contributed by atoms with E-state index in [0.717, 1.165) is 6.04 Å². The average molecular weight is 220 g/mol. The molecule has 0 fully saturated rings. The lowest BCUT2D eigenvalue weighted by Gasteiger charge is -2.34. The van der Waals surface area contributed by atoms with Gasteiger partial charge in [0.15, 0.2) is 0 Å². The Kier molecular flexibility index (Phi) is 4.05. The fraction of sp³-hybridized carbons (Fsp3) is 0.714. The molecular formula is C14H24N2. The van der Waals surface area contributed by atoms with Crippen LogP contribution in [-0.4, -0.2) is 29.0 Å². The maximum absolute atomic E-state index is 3.36. The highest BCUT2D eigenvalue weighted by molar-refractivity contribution is 5.24. The van der Waals surface area contributed by atoms with E-state index in [-0.39, 0.29) is 0 Å². The zero-order valence-electron chi connectivity index (χ0n) is 10.6. The molecule has 0 unspecified atom stereocenters. The molecule has 1 heterocycles. The third kappa shape index (κ3) is 2.49. The van der Waals surface area contributed by atoms with Gasteiger partial charge in [0.2, 0.25) is 0 Å². The van der Waals surface area contributed by atoms with E-state index < -0.39 is 0 Å². The Morgan fingerprint density at radius 2 is 2.06 bits per heavy atom. The summed E-state index contributed by atoms with van der Waals surface area (Å²) in [6, 6.07) is 3.04. The van der Waals surface area contributed by atoms with Gasteiger partial charge in [-0.1, -0.05) is 13.8 Å². The van der Waals surface area contributed by atoms with E-state index >= 15 is 0 Å². The third-order valence-electron chi connectivity index (χ3n) is 3.65. The summed E-state index contributed by atoms with van der Waals surface area (Å²) in [6.45, 7) is 7.09. The van der Waals surface area contributed by atoms with Crippen molar-refractivity contribution >= 4 is 0 Å². The monoisotopic (exact) mass is 220 g/mol. The van der Waals surface area contributed by atoms with Crippen LogP contribution in [0, 0.1) is 0 Å². The fourth-order valence-corrected chi connectivity index (χ4v) is 2.89. The predicted octanol–water partition coefficient (Wildman–Crippen LogP) is 2.99. The molecule has 1 N–H and O–H groups in total. The van der Waals surface area contributed by atoms with Crippen molar-refractivity contribution in [1.82, 2.24) is 9.88 Å². The molecule has 2 nitrogen and oxygen atoms in total. The van der Waals surface area contributed by atoms with Crippen LogP contribution in [0.1, 0.15) is 44.4 Å². The van der Waals surface area contributed by atoms with Crippen LogP contribution in [0.4, 0.5) is 0 Å². The Morgan fingerprint density at radius 3 is 2.75 bits per heavy atom. The van der Waals surface area contributed by atoms with Crippen molar-refractivity contribution in [2.75, 3.05) is 13.1 Å². The van der Waals surface area contributed by atoms with Crippen LogP contribution in [0.5, 0.6) is 0 Å². The van der Waals surface area contributed by atoms with Crippen LogP contribution in [0.2, 0.25) is 0 Å². The van der Waals surface area contributed by atoms with E-state index in [1.165, 1.54) is 50.9 Å². The molecule has 0 bridgehead atoms. The first kappa shape index (κ1) is 11.7. The Hall–Kier alpha value is -0.760. The summed E-state index contributed by atoms with van der Waals surface area (Å²) in [5.74, 6) is 0. The van der Waals surface area contributed by atoms with Crippen LogP contribution >= 0.6 is 0 Å². The molecule has 1 aromatic rings. The zero-order chi connectivity index (χ0) is 11.4. The van der Waals surface area contributed by atoms with E-state index in [9.17, 15) is 0 Å². The number of hydrogen-bond donors (Lipinski definition) is 1. The number of nitrogens with zero attached hydrogens (tertiary/aromatic N) is 1. The summed E-state index contributed by atoms with van der Waals surface area (Å²) in [6.07, 6.45) is 8.45. The molecular weight excluding hydrogens is 196 g/mol. The Balaban J connectivity index is 2.00. The molecule has 1 aromatic heterocycles. The summed E-state index contributed by atoms with van der Waals surface area (Å²) in [5, 5.41) is 0. The molecule has 0 radical (unpaired) electrons. The molecule has 0 aliphatic heterocycles. The molecule has 16 heavy (non-hydrogen) atoms. The van der Waals surface area contributed by atoms with Crippen molar-refractivity contribution in [3.63, 3.8) is 0 Å². The molecule has 1 atom stereocenters. The van der Waals surface area contributed by atoms with Gasteiger partial charge < -0.3 is 9.88 Å². The quantitative estimate of drug-likeness (QED) is 0.808. The van der Waals surface area contributed by atoms with Gasteiger partial charge in [-0.05, 0) is 56.8 Å². The van der Waals surface area contributed by atoms with Crippen LogP contribution < -0.4 is 0 Å². The van der Waals surface area contributed by atoms with Gasteiger partial charge in [0.25, 0.3) is 0 Å². The highest BCUT2D eigenvalue weighted by Gasteiger charge is 2.23. The minimum Gasteiger partial charge on any atom is -0.365 e. The highest BCUT2D eigenvalue weighted by atomic mass is 15.1. The van der Waals surface area contributed by atoms with Gasteiger partial charge in [-0.15, -0.1) is 0 Å². The largest absolute Gasteiger partial charge is 0.365 e. The number of nitrogens with one attached hydrogen (secondary N) is 1. The van der Waals surface area contributed by atoms with Gasteiger partial charge >= 0.3 is 0 Å². The average Bonchev–Trinajstić information content (AvgIpc) is 2.75. The summed E-state index contributed by atoms with van der Waals surface area (Å²) in [7, 11) is 0. The second-order valence-electron chi connectivity index (χ2n) is 4.91. The van der Waals surface area contributed by atoms with E-state index in [4.69, 9.17) is 0 Å². The fourth-order valence-electron chi connectivity index (χ4n) is 2.89. The minimum atomic E-state index is 0.781. The molecule has 2 rings (SSSR count). The SMILES string of the molecule is CCCN(CCC)[C@@H]1CCc2[nH]ccc2C1. The Bertz CT molecular complexity index is 310. The summed E-state index contributed by atoms with van der Waals surface area (Å²) >= 11 is 0. The van der Waals surface area contributed by atoms with Crippen molar-refractivity contribution in [3.8, 4) is 0 Å². The standard InChI is InChI=1S/C14H24N2/c1-3-9-16(10-4-2)13-5-6-14-12(11-13)7-8-15-14/h7-8,13,15H,3-6,9-11H2,1-2H3/t13-/m1/s1. The van der Waals surface area contributed by atoms with Gasteiger partial charge in [0, 0.05) is 17.9 Å². The normalized spacial score (nSPS) is 20.1. The van der Waals surface area contributed by atoms with E-state index in [1.807, 2.05) is 0 Å². The molecule has 0 saturated carbocycles. The van der Waals surface area contributed by atoms with Crippen LogP contribution in [0.25, 0.3) is 0 Å². The Morgan fingerprint density at radius 1 is 1.31 bits per heavy atom. The molecule has 0 spiro atoms. The number of hydrogen-bond acceptors (Lipinski definition) is 1. The van der Waals surface area contributed by atoms with Crippen LogP contribution in [-0.2, 0) is 12.8 Å². The summed E-state index contributed by atoms with van der Waals surface area (Å²) < 4.78 is 0. The summed E-state index contributed by atoms with van der Waals surface area (Å²) in [5.41, 5.74) is 3.03. The van der Waals surface area contributed by atoms with E-state index in [2.05, 4.69) is 36.0 Å². The molecule has 2 heteroatoms. The number of H-pyrrole nitrogens is 1. The van der Waals surface area contributed by atoms with Gasteiger partial charge in [0.05, 0.1) is 0 Å². The topological polar surface area (TPSA) is 19.0 Å². The van der Waals surface area contributed by atoms with Crippen molar-refractivity contribution in [3.05, 3.63) is 23.5 Å². The molecule has 0 saturated heterocycles. The maximum Gasteiger partial charge on any atom is 0.0180 e. The van der Waals surface area contributed by atoms with Gasteiger partial charge in [-0.2, -0.15) is 0 Å². The first-order chi connectivity index (χ1) is 7.85. The van der Waals surface area contributed by atoms with Crippen LogP contribution in [0.3, 0.4) is 0 Å². The lowest BCUT2D eigenvalue weighted by Crippen LogP contribution is -2.40. The smallest absolute Gasteiger partial charge is 0.0180 e. The van der Waals surface area contributed by atoms with E-state index in [0.29, 0.717) is 0 Å². The first-order valence-electron chi connectivity index (χ1n) is 6.74. The molecule has 1 aliphatic carbocycles. The molecule has 0 amide bonds. The molecule has 0 aromatic carbocycles. The molecule has 90 valence electrons.